The molecule has 11 heteroatoms. The number of carboxylic acid groups (broad SMARTS) is 2. The average Bonchev–Trinajstić information content (AvgIpc) is 3.14. The van der Waals surface area contributed by atoms with Crippen molar-refractivity contribution in [2.24, 2.45) is 0 Å². The second-order valence-electron chi connectivity index (χ2n) is 7.39. The standard InChI is InChI=1S/C24H23NO10/c1-32-17-7-3-13(9-19(17)33-2)10-20-23(29)15-5-4-14(11-18(15)35-20)34-12-21(26)25-16(24(30)31)6-8-22(27)28/h3-5,7,9-11,16H,6,8,12H2,1-2H3,(H,25,26)(H,27,28)(H,30,31). The summed E-state index contributed by atoms with van der Waals surface area (Å²) in [4.78, 5) is 46.6. The summed E-state index contributed by atoms with van der Waals surface area (Å²) in [5.74, 6) is -2.01. The van der Waals surface area contributed by atoms with Gasteiger partial charge in [-0.15, -0.1) is 0 Å². The molecule has 3 rings (SSSR count). The van der Waals surface area contributed by atoms with Gasteiger partial charge in [-0.1, -0.05) is 6.07 Å². The van der Waals surface area contributed by atoms with Gasteiger partial charge in [-0.05, 0) is 42.3 Å². The van der Waals surface area contributed by atoms with Gasteiger partial charge in [0.1, 0.15) is 17.5 Å². The zero-order valence-electron chi connectivity index (χ0n) is 18.9. The summed E-state index contributed by atoms with van der Waals surface area (Å²) in [5.41, 5.74) is 0.968. The number of methoxy groups -OCH3 is 2. The predicted octanol–water partition coefficient (Wildman–Crippen LogP) is 2.13. The normalized spacial score (nSPS) is 14.0. The lowest BCUT2D eigenvalue weighted by molar-refractivity contribution is -0.143. The molecule has 0 radical (unpaired) electrons. The highest BCUT2D eigenvalue weighted by Gasteiger charge is 2.28. The fourth-order valence-corrected chi connectivity index (χ4v) is 3.26. The second kappa shape index (κ2) is 11.1. The lowest BCUT2D eigenvalue weighted by Crippen LogP contribution is -2.43. The van der Waals surface area contributed by atoms with E-state index in [1.807, 2.05) is 0 Å². The van der Waals surface area contributed by atoms with E-state index < -0.39 is 36.9 Å². The van der Waals surface area contributed by atoms with Crippen LogP contribution < -0.4 is 24.3 Å². The Morgan fingerprint density at radius 1 is 1.06 bits per heavy atom. The molecule has 1 heterocycles. The van der Waals surface area contributed by atoms with Gasteiger partial charge in [0.05, 0.1) is 19.8 Å². The number of ketones is 1. The van der Waals surface area contributed by atoms with E-state index in [4.69, 9.17) is 29.2 Å². The van der Waals surface area contributed by atoms with Gasteiger partial charge in [0.25, 0.3) is 5.91 Å². The molecule has 1 unspecified atom stereocenters. The van der Waals surface area contributed by atoms with Crippen molar-refractivity contribution in [3.63, 3.8) is 0 Å². The molecule has 0 aliphatic carbocycles. The number of rotatable bonds is 11. The number of allylic oxidation sites excluding steroid dienone is 1. The van der Waals surface area contributed by atoms with Crippen LogP contribution in [0.5, 0.6) is 23.0 Å². The second-order valence-corrected chi connectivity index (χ2v) is 7.39. The van der Waals surface area contributed by atoms with Crippen LogP contribution in [0.2, 0.25) is 0 Å². The Labute approximate surface area is 199 Å². The van der Waals surface area contributed by atoms with E-state index in [-0.39, 0.29) is 29.5 Å². The first-order chi connectivity index (χ1) is 16.7. The number of hydrogen-bond acceptors (Lipinski definition) is 8. The largest absolute Gasteiger partial charge is 0.493 e. The first-order valence-electron chi connectivity index (χ1n) is 10.4. The van der Waals surface area contributed by atoms with Crippen LogP contribution in [0.15, 0.2) is 42.2 Å². The highest BCUT2D eigenvalue weighted by Crippen LogP contribution is 2.36. The summed E-state index contributed by atoms with van der Waals surface area (Å²) in [6, 6.07) is 8.19. The Bertz CT molecular complexity index is 1190. The third kappa shape index (κ3) is 6.28. The molecule has 1 aliphatic heterocycles. The van der Waals surface area contributed by atoms with Gasteiger partial charge in [-0.2, -0.15) is 0 Å². The lowest BCUT2D eigenvalue weighted by Gasteiger charge is -2.14. The summed E-state index contributed by atoms with van der Waals surface area (Å²) in [6.07, 6.45) is 0.884. The maximum atomic E-state index is 12.7. The highest BCUT2D eigenvalue weighted by atomic mass is 16.5. The number of fused-ring (bicyclic) bond motifs is 1. The molecule has 1 amide bonds. The molecule has 35 heavy (non-hydrogen) atoms. The molecule has 0 saturated heterocycles. The Balaban J connectivity index is 1.65. The minimum atomic E-state index is -1.35. The molecule has 1 atom stereocenters. The third-order valence-electron chi connectivity index (χ3n) is 5.00. The monoisotopic (exact) mass is 485 g/mol. The Hall–Kier alpha value is -4.54. The fraction of sp³-hybridized carbons (Fsp3) is 0.250. The molecule has 0 bridgehead atoms. The van der Waals surface area contributed by atoms with Crippen LogP contribution in [0.25, 0.3) is 6.08 Å². The minimum absolute atomic E-state index is 0.0878. The SMILES string of the molecule is COc1ccc(C=C2Oc3cc(OCC(=O)NC(CCC(=O)O)C(=O)O)ccc3C2=O)cc1OC. The van der Waals surface area contributed by atoms with Gasteiger partial charge < -0.3 is 34.5 Å². The first-order valence-corrected chi connectivity index (χ1v) is 10.4. The number of carbonyl (C=O) groups is 4. The van der Waals surface area contributed by atoms with Crippen LogP contribution >= 0.6 is 0 Å². The van der Waals surface area contributed by atoms with Crippen molar-refractivity contribution in [1.29, 1.82) is 0 Å². The predicted molar refractivity (Wildman–Crippen MR) is 121 cm³/mol. The lowest BCUT2D eigenvalue weighted by atomic mass is 10.1. The maximum absolute atomic E-state index is 12.7. The summed E-state index contributed by atoms with van der Waals surface area (Å²) in [7, 11) is 3.02. The summed E-state index contributed by atoms with van der Waals surface area (Å²) < 4.78 is 21.5. The maximum Gasteiger partial charge on any atom is 0.326 e. The summed E-state index contributed by atoms with van der Waals surface area (Å²) in [5, 5.41) is 20.0. The first kappa shape index (κ1) is 25.1. The summed E-state index contributed by atoms with van der Waals surface area (Å²) in [6.45, 7) is -0.516. The van der Waals surface area contributed by atoms with E-state index in [1.165, 1.54) is 32.4 Å². The van der Waals surface area contributed by atoms with Crippen LogP contribution in [0.4, 0.5) is 0 Å². The third-order valence-corrected chi connectivity index (χ3v) is 5.00. The zero-order chi connectivity index (χ0) is 25.5. The number of carboxylic acids is 2. The van der Waals surface area contributed by atoms with Crippen molar-refractivity contribution < 1.29 is 48.3 Å². The number of nitrogens with one attached hydrogen (secondary N) is 1. The molecule has 0 fully saturated rings. The molecule has 2 aromatic carbocycles. The van der Waals surface area contributed by atoms with Crippen molar-refractivity contribution in [1.82, 2.24) is 5.32 Å². The molecule has 0 saturated carbocycles. The Morgan fingerprint density at radius 2 is 1.80 bits per heavy atom. The number of carbonyl (C=O) groups excluding carboxylic acids is 2. The van der Waals surface area contributed by atoms with Gasteiger partial charge in [0.2, 0.25) is 5.78 Å². The van der Waals surface area contributed by atoms with E-state index in [1.54, 1.807) is 24.3 Å². The molecule has 0 spiro atoms. The number of amides is 1. The van der Waals surface area contributed by atoms with Gasteiger partial charge in [-0.25, -0.2) is 4.79 Å². The van der Waals surface area contributed by atoms with Gasteiger partial charge >= 0.3 is 11.9 Å². The molecule has 184 valence electrons. The molecule has 3 N–H and O–H groups in total. The zero-order valence-corrected chi connectivity index (χ0v) is 18.9. The van der Waals surface area contributed by atoms with E-state index >= 15 is 0 Å². The van der Waals surface area contributed by atoms with E-state index in [9.17, 15) is 19.2 Å². The van der Waals surface area contributed by atoms with Crippen LogP contribution in [0, 0.1) is 0 Å². The van der Waals surface area contributed by atoms with Crippen LogP contribution in [-0.2, 0) is 14.4 Å². The number of benzene rings is 2. The fourth-order valence-electron chi connectivity index (χ4n) is 3.26. The highest BCUT2D eigenvalue weighted by molar-refractivity contribution is 6.14. The number of Topliss-reactive ketones (excluding diaryl/α,β-unsaturated/α-hetero) is 1. The average molecular weight is 485 g/mol. The van der Waals surface area contributed by atoms with Crippen LogP contribution in [0.1, 0.15) is 28.8 Å². The van der Waals surface area contributed by atoms with Crippen molar-refractivity contribution in [2.75, 3.05) is 20.8 Å². The number of ether oxygens (including phenoxy) is 4. The Morgan fingerprint density at radius 3 is 2.46 bits per heavy atom. The van der Waals surface area contributed by atoms with Crippen molar-refractivity contribution in [2.45, 2.75) is 18.9 Å². The molecular formula is C24H23NO10. The minimum Gasteiger partial charge on any atom is -0.493 e. The molecule has 11 nitrogen and oxygen atoms in total. The van der Waals surface area contributed by atoms with Crippen LogP contribution in [0.3, 0.4) is 0 Å². The molecular weight excluding hydrogens is 462 g/mol. The van der Waals surface area contributed by atoms with Gasteiger partial charge in [0, 0.05) is 12.5 Å². The molecule has 1 aliphatic rings. The van der Waals surface area contributed by atoms with E-state index in [0.717, 1.165) is 0 Å². The topological polar surface area (TPSA) is 158 Å². The van der Waals surface area contributed by atoms with E-state index in [0.29, 0.717) is 22.6 Å². The molecule has 0 aromatic heterocycles. The number of aliphatic carboxylic acids is 2. The van der Waals surface area contributed by atoms with Crippen molar-refractivity contribution in [3.8, 4) is 23.0 Å². The van der Waals surface area contributed by atoms with Crippen molar-refractivity contribution in [3.05, 3.63) is 53.3 Å². The molecule has 2 aromatic rings. The van der Waals surface area contributed by atoms with Crippen LogP contribution in [-0.4, -0.2) is 60.7 Å². The number of hydrogen-bond donors (Lipinski definition) is 3. The summed E-state index contributed by atoms with van der Waals surface area (Å²) >= 11 is 0. The quantitative estimate of drug-likeness (QED) is 0.403. The smallest absolute Gasteiger partial charge is 0.326 e. The van der Waals surface area contributed by atoms with Gasteiger partial charge in [-0.3, -0.25) is 14.4 Å². The Kier molecular flexibility index (Phi) is 7.92. The van der Waals surface area contributed by atoms with Crippen molar-refractivity contribution >= 4 is 29.7 Å². The van der Waals surface area contributed by atoms with E-state index in [2.05, 4.69) is 5.32 Å². The van der Waals surface area contributed by atoms with Gasteiger partial charge in [0.15, 0.2) is 23.9 Å².